The van der Waals surface area contributed by atoms with Gasteiger partial charge in [0.05, 0.1) is 17.1 Å². The molecule has 25 heavy (non-hydrogen) atoms. The molecule has 0 bridgehead atoms. The number of benzene rings is 2. The van der Waals surface area contributed by atoms with E-state index in [1.54, 1.807) is 0 Å². The quantitative estimate of drug-likeness (QED) is 0.759. The van der Waals surface area contributed by atoms with E-state index < -0.39 is 11.7 Å². The standard InChI is InChI=1S/C20H23N3O2/c1-14(21-19(24)25-20(2,3)4)18-22-16-12-8-9-13-17(16)23(18)15-10-6-5-7-11-15/h5-14H,1-4H3,(H,21,24). The Hall–Kier alpha value is -2.82. The second-order valence-electron chi connectivity index (χ2n) is 7.00. The zero-order valence-corrected chi connectivity index (χ0v) is 15.0. The van der Waals surface area contributed by atoms with Crippen molar-refractivity contribution in [2.45, 2.75) is 39.3 Å². The van der Waals surface area contributed by atoms with Crippen LogP contribution in [0.15, 0.2) is 54.6 Å². The Morgan fingerprint density at radius 2 is 1.72 bits per heavy atom. The summed E-state index contributed by atoms with van der Waals surface area (Å²) >= 11 is 0. The van der Waals surface area contributed by atoms with Crippen LogP contribution in [0.1, 0.15) is 39.6 Å². The van der Waals surface area contributed by atoms with Crippen LogP contribution in [0.5, 0.6) is 0 Å². The highest BCUT2D eigenvalue weighted by Crippen LogP contribution is 2.25. The van der Waals surface area contributed by atoms with Crippen LogP contribution in [-0.2, 0) is 4.74 Å². The van der Waals surface area contributed by atoms with Gasteiger partial charge in [-0.15, -0.1) is 0 Å². The Labute approximate surface area is 147 Å². The van der Waals surface area contributed by atoms with Crippen molar-refractivity contribution in [3.8, 4) is 5.69 Å². The maximum absolute atomic E-state index is 12.1. The van der Waals surface area contributed by atoms with Crippen LogP contribution in [0.3, 0.4) is 0 Å². The fraction of sp³-hybridized carbons (Fsp3) is 0.300. The summed E-state index contributed by atoms with van der Waals surface area (Å²) in [4.78, 5) is 16.9. The second kappa shape index (κ2) is 6.59. The molecule has 3 aromatic rings. The largest absolute Gasteiger partial charge is 0.444 e. The first-order valence-electron chi connectivity index (χ1n) is 8.37. The monoisotopic (exact) mass is 337 g/mol. The van der Waals surface area contributed by atoms with Crippen LogP contribution in [0.2, 0.25) is 0 Å². The minimum absolute atomic E-state index is 0.303. The van der Waals surface area contributed by atoms with E-state index in [4.69, 9.17) is 9.72 Å². The molecule has 5 nitrogen and oxygen atoms in total. The number of fused-ring (bicyclic) bond motifs is 1. The zero-order valence-electron chi connectivity index (χ0n) is 15.0. The van der Waals surface area contributed by atoms with Crippen LogP contribution in [0, 0.1) is 0 Å². The molecule has 3 rings (SSSR count). The summed E-state index contributed by atoms with van der Waals surface area (Å²) in [5.74, 6) is 0.762. The number of nitrogens with zero attached hydrogens (tertiary/aromatic N) is 2. The topological polar surface area (TPSA) is 56.1 Å². The van der Waals surface area contributed by atoms with E-state index in [-0.39, 0.29) is 6.04 Å². The van der Waals surface area contributed by atoms with Gasteiger partial charge in [-0.2, -0.15) is 0 Å². The van der Waals surface area contributed by atoms with Crippen LogP contribution in [-0.4, -0.2) is 21.2 Å². The lowest BCUT2D eigenvalue weighted by molar-refractivity contribution is 0.0505. The van der Waals surface area contributed by atoms with Gasteiger partial charge in [0, 0.05) is 5.69 Å². The SMILES string of the molecule is CC(NC(=O)OC(C)(C)C)c1nc2ccccc2n1-c1ccccc1. The summed E-state index contributed by atoms with van der Waals surface area (Å²) in [5, 5.41) is 2.88. The molecule has 1 aromatic heterocycles. The number of nitrogens with one attached hydrogen (secondary N) is 1. The first-order valence-corrected chi connectivity index (χ1v) is 8.37. The maximum Gasteiger partial charge on any atom is 0.408 e. The molecule has 5 heteroatoms. The molecule has 0 saturated heterocycles. The van der Waals surface area contributed by atoms with E-state index in [9.17, 15) is 4.79 Å². The number of rotatable bonds is 3. The van der Waals surface area contributed by atoms with E-state index in [2.05, 4.69) is 9.88 Å². The van der Waals surface area contributed by atoms with Gasteiger partial charge in [-0.1, -0.05) is 30.3 Å². The van der Waals surface area contributed by atoms with Crippen molar-refractivity contribution in [2.24, 2.45) is 0 Å². The highest BCUT2D eigenvalue weighted by molar-refractivity contribution is 5.78. The molecule has 1 atom stereocenters. The average Bonchev–Trinajstić information content (AvgIpc) is 2.93. The van der Waals surface area contributed by atoms with Crippen molar-refractivity contribution in [1.29, 1.82) is 0 Å². The molecule has 0 spiro atoms. The molecule has 130 valence electrons. The Balaban J connectivity index is 2.00. The molecule has 0 fully saturated rings. The van der Waals surface area contributed by atoms with Gasteiger partial charge < -0.3 is 10.1 Å². The molecule has 0 radical (unpaired) electrons. The number of carbonyl (C=O) groups excluding carboxylic acids is 1. The average molecular weight is 337 g/mol. The van der Waals surface area contributed by atoms with E-state index in [0.29, 0.717) is 0 Å². The number of hydrogen-bond acceptors (Lipinski definition) is 3. The van der Waals surface area contributed by atoms with E-state index in [0.717, 1.165) is 22.5 Å². The summed E-state index contributed by atoms with van der Waals surface area (Å²) in [7, 11) is 0. The van der Waals surface area contributed by atoms with E-state index in [1.165, 1.54) is 0 Å². The molecule has 0 saturated carbocycles. The summed E-state index contributed by atoms with van der Waals surface area (Å²) in [6, 6.07) is 17.6. The third-order valence-electron chi connectivity index (χ3n) is 3.72. The first-order chi connectivity index (χ1) is 11.8. The molecule has 1 N–H and O–H groups in total. The molecule has 1 unspecified atom stereocenters. The predicted octanol–water partition coefficient (Wildman–Crippen LogP) is 4.61. The molecular formula is C20H23N3O2. The van der Waals surface area contributed by atoms with E-state index >= 15 is 0 Å². The number of aromatic nitrogens is 2. The van der Waals surface area contributed by atoms with Crippen molar-refractivity contribution < 1.29 is 9.53 Å². The van der Waals surface area contributed by atoms with Crippen LogP contribution >= 0.6 is 0 Å². The minimum Gasteiger partial charge on any atom is -0.444 e. The normalized spacial score (nSPS) is 12.8. The third kappa shape index (κ3) is 3.82. The predicted molar refractivity (Wildman–Crippen MR) is 98.9 cm³/mol. The molecule has 1 heterocycles. The molecule has 2 aromatic carbocycles. The number of alkyl carbamates (subject to hydrolysis) is 1. The van der Waals surface area contributed by atoms with Gasteiger partial charge in [-0.3, -0.25) is 4.57 Å². The van der Waals surface area contributed by atoms with Crippen molar-refractivity contribution in [3.05, 3.63) is 60.4 Å². The van der Waals surface area contributed by atoms with Crippen LogP contribution < -0.4 is 5.32 Å². The van der Waals surface area contributed by atoms with Gasteiger partial charge in [-0.25, -0.2) is 9.78 Å². The summed E-state index contributed by atoms with van der Waals surface area (Å²) in [6.45, 7) is 7.44. The smallest absolute Gasteiger partial charge is 0.408 e. The lowest BCUT2D eigenvalue weighted by Gasteiger charge is -2.22. The van der Waals surface area contributed by atoms with Crippen LogP contribution in [0.4, 0.5) is 4.79 Å². The highest BCUT2D eigenvalue weighted by Gasteiger charge is 2.22. The molecule has 0 aliphatic rings. The Bertz CT molecular complexity index is 879. The lowest BCUT2D eigenvalue weighted by atomic mass is 10.2. The first kappa shape index (κ1) is 17.0. The van der Waals surface area contributed by atoms with E-state index in [1.807, 2.05) is 82.3 Å². The van der Waals surface area contributed by atoms with Gasteiger partial charge in [0.15, 0.2) is 0 Å². The number of para-hydroxylation sites is 3. The zero-order chi connectivity index (χ0) is 18.0. The Morgan fingerprint density at radius 1 is 1.08 bits per heavy atom. The van der Waals surface area contributed by atoms with Crippen molar-refractivity contribution in [1.82, 2.24) is 14.9 Å². The van der Waals surface area contributed by atoms with Crippen molar-refractivity contribution in [3.63, 3.8) is 0 Å². The lowest BCUT2D eigenvalue weighted by Crippen LogP contribution is -2.34. The fourth-order valence-corrected chi connectivity index (χ4v) is 2.73. The summed E-state index contributed by atoms with van der Waals surface area (Å²) in [5.41, 5.74) is 2.35. The highest BCUT2D eigenvalue weighted by atomic mass is 16.6. The van der Waals surface area contributed by atoms with Crippen molar-refractivity contribution >= 4 is 17.1 Å². The number of carbonyl (C=O) groups is 1. The number of imidazole rings is 1. The molecule has 0 aliphatic carbocycles. The summed E-state index contributed by atoms with van der Waals surface area (Å²) in [6.07, 6.45) is -0.452. The Morgan fingerprint density at radius 3 is 2.40 bits per heavy atom. The van der Waals surface area contributed by atoms with Gasteiger partial charge in [-0.05, 0) is 52.0 Å². The summed E-state index contributed by atoms with van der Waals surface area (Å²) < 4.78 is 7.43. The Kier molecular flexibility index (Phi) is 4.49. The number of hydrogen-bond donors (Lipinski definition) is 1. The molecular weight excluding hydrogens is 314 g/mol. The van der Waals surface area contributed by atoms with Gasteiger partial charge in [0.2, 0.25) is 0 Å². The number of ether oxygens (including phenoxy) is 1. The van der Waals surface area contributed by atoms with Crippen molar-refractivity contribution in [2.75, 3.05) is 0 Å². The fourth-order valence-electron chi connectivity index (χ4n) is 2.73. The van der Waals surface area contributed by atoms with Crippen LogP contribution in [0.25, 0.3) is 16.7 Å². The van der Waals surface area contributed by atoms with Gasteiger partial charge in [0.25, 0.3) is 0 Å². The second-order valence-corrected chi connectivity index (χ2v) is 7.00. The molecule has 0 aliphatic heterocycles. The molecule has 1 amide bonds. The van der Waals surface area contributed by atoms with Gasteiger partial charge >= 0.3 is 6.09 Å². The number of amides is 1. The maximum atomic E-state index is 12.1. The van der Waals surface area contributed by atoms with Gasteiger partial charge in [0.1, 0.15) is 11.4 Å². The minimum atomic E-state index is -0.538. The third-order valence-corrected chi connectivity index (χ3v) is 3.72.